The van der Waals surface area contributed by atoms with Crippen molar-refractivity contribution in [3.63, 3.8) is 0 Å². The van der Waals surface area contributed by atoms with Crippen LogP contribution in [0.3, 0.4) is 0 Å². The van der Waals surface area contributed by atoms with Crippen LogP contribution in [0.1, 0.15) is 139 Å². The number of aliphatic carboxylic acids is 2. The number of H-pyrrole nitrogens is 3. The number of nitrogens with one attached hydrogen (secondary N) is 14. The molecule has 17 amide bonds. The number of aromatic hydroxyl groups is 1. The van der Waals surface area contributed by atoms with Gasteiger partial charge < -0.3 is 135 Å². The number of primary amides is 2. The largest absolute Gasteiger partial charge is 0.508 e. The van der Waals surface area contributed by atoms with Gasteiger partial charge in [-0.15, -0.1) is 0 Å². The molecule has 3 aliphatic heterocycles. The van der Waals surface area contributed by atoms with Crippen LogP contribution in [0.4, 0.5) is 0 Å². The second kappa shape index (κ2) is 50.1. The summed E-state index contributed by atoms with van der Waals surface area (Å²) in [5.41, 5.74) is 13.7. The quantitative estimate of drug-likeness (QED) is 0.0244. The van der Waals surface area contributed by atoms with Crippen LogP contribution in [-0.4, -0.2) is 333 Å². The van der Waals surface area contributed by atoms with Gasteiger partial charge in [0.15, 0.2) is 0 Å². The molecule has 3 aromatic carbocycles. The van der Waals surface area contributed by atoms with Gasteiger partial charge in [0.25, 0.3) is 0 Å². The van der Waals surface area contributed by atoms with E-state index in [-0.39, 0.29) is 82.3 Å². The molecule has 0 bridgehead atoms. The zero-order valence-electron chi connectivity index (χ0n) is 76.4. The Balaban J connectivity index is 1.09. The lowest BCUT2D eigenvalue weighted by Gasteiger charge is -2.36. The number of carboxylic acid groups (broad SMARTS) is 2. The van der Waals surface area contributed by atoms with E-state index in [1.807, 2.05) is 6.92 Å². The first-order valence-corrected chi connectivity index (χ1v) is 45.1. The number of amides is 17. The maximum absolute atomic E-state index is 15.7. The monoisotopic (exact) mass is 1890 g/mol. The summed E-state index contributed by atoms with van der Waals surface area (Å²) in [4.78, 5) is 291. The number of likely N-dealkylation sites (N-methyl/N-ethyl adjacent to an activating group) is 3. The number of aromatic nitrogens is 4. The number of phenolic OH excluding ortho intramolecular Hbond substituents is 1. The lowest BCUT2D eigenvalue weighted by atomic mass is 10.00. The molecule has 3 saturated heterocycles. The van der Waals surface area contributed by atoms with Crippen LogP contribution in [0.15, 0.2) is 97.7 Å². The van der Waals surface area contributed by atoms with Gasteiger partial charge in [-0.3, -0.25) is 91.1 Å². The Morgan fingerprint density at radius 3 is 1.63 bits per heavy atom. The number of benzene rings is 3. The van der Waals surface area contributed by atoms with Gasteiger partial charge in [-0.05, 0) is 99.4 Å². The minimum Gasteiger partial charge on any atom is -0.508 e. The third-order valence-corrected chi connectivity index (χ3v) is 24.3. The predicted molar refractivity (Wildman–Crippen MR) is 485 cm³/mol. The average molecular weight is 1900 g/mol. The number of carboxylic acids is 2. The molecular weight excluding hydrogens is 1770 g/mol. The van der Waals surface area contributed by atoms with Crippen molar-refractivity contribution in [2.24, 2.45) is 11.5 Å². The molecule has 6 aromatic rings. The third-order valence-electron chi connectivity index (χ3n) is 24.3. The van der Waals surface area contributed by atoms with E-state index in [9.17, 15) is 78.3 Å². The summed E-state index contributed by atoms with van der Waals surface area (Å²) in [5, 5.41) is 82.4. The molecule has 15 atom stereocenters. The first-order chi connectivity index (χ1) is 64.8. The minimum absolute atomic E-state index is 0.0591. The number of aromatic amines is 3. The van der Waals surface area contributed by atoms with Gasteiger partial charge in [0.2, 0.25) is 100 Å². The van der Waals surface area contributed by atoms with Crippen molar-refractivity contribution in [3.8, 4) is 5.75 Å². The highest BCUT2D eigenvalue weighted by Crippen LogP contribution is 2.28. The molecule has 0 unspecified atom stereocenters. The number of aliphatic hydroxyl groups is 2. The molecule has 3 aliphatic rings. The van der Waals surface area contributed by atoms with Crippen LogP contribution < -0.4 is 70.0 Å². The number of rotatable bonds is 26. The van der Waals surface area contributed by atoms with Crippen molar-refractivity contribution in [1.29, 1.82) is 0 Å². The second-order valence-corrected chi connectivity index (χ2v) is 34.2. The Hall–Kier alpha value is -14.4. The SMILES string of the molecule is CCCC[C@H]1C(=O)N(C)[C@@H](CCCC)C(=O)N[C@@H](CCC(=O)O)C(=O)N[C@H](C(=O)NCC(N)=O)CCNCC(=O)N[C@@H](Cc2ccc(O)cc2)C(=O)N(C)[C@@H](C)C(=O)N[C@@H](CC(=O)O)C(=O)N2CCC[C@H]2C(=O)N[C@@H](Cc2cnc[nH]2)C(=O)N[C@@H](CCC(N)=O)C(=O)N2C[C@H](O)C[C@H]2C(=O)N[C@@H](Cc2c[nH]c3ccccc23)C(=O)N[C@@H](CO)C(=O)N[C@@H](Cc2c[nH]c3ccccc23)C(=O)N1C. The molecule has 736 valence electrons. The summed E-state index contributed by atoms with van der Waals surface area (Å²) in [5.74, 6) is -20.7. The topological polar surface area (TPSA) is 686 Å². The fourth-order valence-electron chi connectivity index (χ4n) is 16.6. The van der Waals surface area contributed by atoms with Crippen molar-refractivity contribution in [2.45, 2.75) is 233 Å². The highest BCUT2D eigenvalue weighted by Gasteiger charge is 2.47. The number of aliphatic hydroxyl groups excluding tert-OH is 2. The number of para-hydroxylation sites is 2. The number of fused-ring (bicyclic) bond motifs is 4. The van der Waals surface area contributed by atoms with Gasteiger partial charge in [-0.1, -0.05) is 88.1 Å². The molecule has 0 saturated carbocycles. The summed E-state index contributed by atoms with van der Waals surface area (Å²) >= 11 is 0. The molecule has 46 heteroatoms. The first kappa shape index (κ1) is 105. The molecule has 46 nitrogen and oxygen atoms in total. The fourth-order valence-corrected chi connectivity index (χ4v) is 16.6. The second-order valence-electron chi connectivity index (χ2n) is 34.2. The summed E-state index contributed by atoms with van der Waals surface area (Å²) < 4.78 is 0. The number of hydrogen-bond acceptors (Lipinski definition) is 24. The minimum atomic E-state index is -1.95. The molecule has 3 fully saturated rings. The van der Waals surface area contributed by atoms with E-state index in [0.717, 1.165) is 24.5 Å². The van der Waals surface area contributed by atoms with Crippen LogP contribution in [-0.2, 0) is 117 Å². The van der Waals surface area contributed by atoms with E-state index in [4.69, 9.17) is 11.5 Å². The molecule has 6 heterocycles. The number of hydrogen-bond donors (Lipinski definition) is 21. The fraction of sp³-hybridized carbons (Fsp3) is 0.511. The normalized spacial score (nSPS) is 24.7. The number of phenols is 1. The number of carbonyl (C=O) groups is 19. The van der Waals surface area contributed by atoms with E-state index >= 15 is 38.4 Å². The van der Waals surface area contributed by atoms with Crippen LogP contribution in [0.2, 0.25) is 0 Å². The maximum atomic E-state index is 15.7. The number of carbonyl (C=O) groups excluding carboxylic acids is 17. The van der Waals surface area contributed by atoms with Crippen LogP contribution in [0, 0.1) is 0 Å². The van der Waals surface area contributed by atoms with E-state index in [1.54, 1.807) is 67.8 Å². The van der Waals surface area contributed by atoms with Gasteiger partial charge in [0.1, 0.15) is 90.3 Å². The smallest absolute Gasteiger partial charge is 0.305 e. The van der Waals surface area contributed by atoms with Crippen LogP contribution in [0.5, 0.6) is 5.75 Å². The van der Waals surface area contributed by atoms with Gasteiger partial charge in [-0.25, -0.2) is 4.98 Å². The molecule has 23 N–H and O–H groups in total. The molecule has 3 aromatic heterocycles. The maximum Gasteiger partial charge on any atom is 0.305 e. The number of nitrogens with two attached hydrogens (primary N) is 2. The van der Waals surface area contributed by atoms with Gasteiger partial charge in [0.05, 0.1) is 38.5 Å². The van der Waals surface area contributed by atoms with E-state index in [2.05, 4.69) is 78.4 Å². The lowest BCUT2D eigenvalue weighted by molar-refractivity contribution is -0.149. The summed E-state index contributed by atoms with van der Waals surface area (Å²) in [6, 6.07) is -4.16. The number of unbranched alkanes of at least 4 members (excludes halogenated alkanes) is 2. The van der Waals surface area contributed by atoms with Crippen molar-refractivity contribution in [1.82, 2.24) is 103 Å². The molecule has 0 aliphatic carbocycles. The third kappa shape index (κ3) is 29.0. The molecule has 0 radical (unpaired) electrons. The van der Waals surface area contributed by atoms with E-state index in [0.29, 0.717) is 51.3 Å². The van der Waals surface area contributed by atoms with E-state index < -0.39 is 281 Å². The first-order valence-electron chi connectivity index (χ1n) is 45.1. The highest BCUT2D eigenvalue weighted by atomic mass is 16.4. The Kier molecular flexibility index (Phi) is 38.7. The Morgan fingerprint density at radius 2 is 1.04 bits per heavy atom. The van der Waals surface area contributed by atoms with Crippen molar-refractivity contribution in [3.05, 3.63) is 120 Å². The Morgan fingerprint density at radius 1 is 0.507 bits per heavy atom. The average Bonchev–Trinajstić information content (AvgIpc) is 1.54. The molecule has 9 rings (SSSR count). The summed E-state index contributed by atoms with van der Waals surface area (Å²) in [6.07, 6.45) is -0.403. The Labute approximate surface area is 781 Å². The van der Waals surface area contributed by atoms with Crippen molar-refractivity contribution >= 4 is 134 Å². The number of nitrogens with zero attached hydrogens (tertiary/aromatic N) is 6. The van der Waals surface area contributed by atoms with Crippen LogP contribution >= 0.6 is 0 Å². The van der Waals surface area contributed by atoms with Gasteiger partial charge in [0, 0.05) is 125 Å². The highest BCUT2D eigenvalue weighted by molar-refractivity contribution is 6.03. The number of imidazole rings is 1. The Bertz CT molecular complexity index is 5300. The van der Waals surface area contributed by atoms with Crippen molar-refractivity contribution < 1.29 is 117 Å². The zero-order valence-corrected chi connectivity index (χ0v) is 76.4. The molecule has 136 heavy (non-hydrogen) atoms. The molecular formula is C90H122N22O24. The summed E-state index contributed by atoms with van der Waals surface area (Å²) in [6.45, 7) is 1.12. The predicted octanol–water partition coefficient (Wildman–Crippen LogP) is -4.26. The summed E-state index contributed by atoms with van der Waals surface area (Å²) in [7, 11) is 3.74. The standard InChI is InChI=1S/C90H122N22O24/c1-7-9-20-68-83(129)101-59(28-30-75(119)120)79(125)100-60(78(124)97-43-73(92)117)31-32-93-44-74(118)99-64(34-49-23-25-53(114)26-24-49)86(132)108(4)48(3)77(123)105-66(39-76(121)122)89(135)111-33-15-22-69(111)84(130)104-63(37-52-42-94-47-98-52)81(127)102-61(27-29-72(91)116)88(134)112-45-54(115)38-71(112)85(131)103-62(35-50-40-95-57-18-13-11-16-55(50)57)80(126)107-67(46-113)82(128)106-65(36-51-41-96-58-19-14-12-17-56(51)58)87(133)110(6)70(21-10-8-2)90(136)109(68)5/h11-14,16-19,23-26,40-42,47-48,54,59-71,93,95-96,113-115H,7-10,15,20-22,27-39,43-46H2,1-6H3,(H2,91,116)(H2,92,117)(H,94,98)(H,97,124)(H,99,118)(H,100,125)(H,101,129)(H,102,127)(H,103,131)(H,104,130)(H,105,123)(H,106,128)(H,107,126)(H,119,120)(H,121,122)/t48-,54+,59-,60-,61-,62-,63-,64-,65-,66-,67-,68-,69-,70-,71-/m0/s1. The van der Waals surface area contributed by atoms with Crippen LogP contribution in [0.25, 0.3) is 21.8 Å². The van der Waals surface area contributed by atoms with Gasteiger partial charge >= 0.3 is 11.9 Å². The zero-order chi connectivity index (χ0) is 99.3. The van der Waals surface area contributed by atoms with Gasteiger partial charge in [-0.2, -0.15) is 0 Å². The molecule has 0 spiro atoms. The van der Waals surface area contributed by atoms with E-state index in [1.165, 1.54) is 64.9 Å². The lowest BCUT2D eigenvalue weighted by Crippen LogP contribution is -2.62. The van der Waals surface area contributed by atoms with Crippen molar-refractivity contribution in [2.75, 3.05) is 60.5 Å².